The maximum absolute atomic E-state index is 12.5. The molecule has 19 heavy (non-hydrogen) atoms. The Morgan fingerprint density at radius 1 is 0.684 bits per heavy atom. The van der Waals surface area contributed by atoms with Crippen molar-refractivity contribution < 1.29 is 57.8 Å². The third-order valence-electron chi connectivity index (χ3n) is 1.54. The van der Waals surface area contributed by atoms with E-state index in [4.69, 9.17) is 0 Å². The molecule has 0 aliphatic carbocycles. The van der Waals surface area contributed by atoms with Crippen molar-refractivity contribution in [3.63, 3.8) is 0 Å². The highest BCUT2D eigenvalue weighted by Crippen LogP contribution is 2.50. The number of hydrogen-bond donors (Lipinski definition) is 0. The lowest BCUT2D eigenvalue weighted by atomic mass is 10.2. The molecule has 0 aliphatic rings. The summed E-state index contributed by atoms with van der Waals surface area (Å²) in [6.07, 6.45) is -22.6. The van der Waals surface area contributed by atoms with Gasteiger partial charge in [-0.3, -0.25) is 9.53 Å². The zero-order valence-electron chi connectivity index (χ0n) is 8.05. The van der Waals surface area contributed by atoms with Crippen molar-refractivity contribution in [3.8, 4) is 0 Å². The lowest BCUT2D eigenvalue weighted by Crippen LogP contribution is -2.59. The molecular formula is C6HF11O2. The molecular weight excluding hydrogens is 313 g/mol. The summed E-state index contributed by atoms with van der Waals surface area (Å²) >= 11 is 0. The van der Waals surface area contributed by atoms with Gasteiger partial charge in [0, 0.05) is 0 Å². The maximum atomic E-state index is 12.5. The average molecular weight is 314 g/mol. The molecule has 2 nitrogen and oxygen atoms in total. The van der Waals surface area contributed by atoms with Gasteiger partial charge in [-0.1, -0.05) is 0 Å². The Balaban J connectivity index is 5.55. The van der Waals surface area contributed by atoms with Crippen LogP contribution in [-0.4, -0.2) is 36.5 Å². The Hall–Kier alpha value is -1.14. The number of carbonyl (C=O) groups is 1. The van der Waals surface area contributed by atoms with Crippen LogP contribution in [0, 0.1) is 0 Å². The van der Waals surface area contributed by atoms with Crippen LogP contribution in [0.4, 0.5) is 48.3 Å². The zero-order valence-corrected chi connectivity index (χ0v) is 8.05. The van der Waals surface area contributed by atoms with Gasteiger partial charge in [0.2, 0.25) is 0 Å². The van der Waals surface area contributed by atoms with Gasteiger partial charge in [0.1, 0.15) is 0 Å². The van der Waals surface area contributed by atoms with Crippen molar-refractivity contribution in [2.75, 3.05) is 0 Å². The second-order valence-corrected chi connectivity index (χ2v) is 2.95. The van der Waals surface area contributed by atoms with Gasteiger partial charge in [-0.05, 0) is 0 Å². The summed E-state index contributed by atoms with van der Waals surface area (Å²) in [5, 5.41) is 0. The number of carbonyl (C=O) groups excluding carboxylic acids is 1. The molecule has 0 saturated carbocycles. The minimum Gasteiger partial charge on any atom is -0.297 e. The molecule has 0 bridgehead atoms. The second-order valence-electron chi connectivity index (χ2n) is 2.95. The normalized spacial score (nSPS) is 18.1. The van der Waals surface area contributed by atoms with Crippen molar-refractivity contribution >= 4 is 6.29 Å². The van der Waals surface area contributed by atoms with Crippen molar-refractivity contribution in [3.05, 3.63) is 0 Å². The summed E-state index contributed by atoms with van der Waals surface area (Å²) < 4.78 is 133. The standard InChI is InChI=1S/C6HF11O2/c7-2(1-18,4(10,11)12)19-6(16,17)3(8,9)5(13,14)15/h1H. The Bertz CT molecular complexity index is 342. The van der Waals surface area contributed by atoms with Gasteiger partial charge in [-0.15, -0.1) is 0 Å². The number of ether oxygens (including phenoxy) is 1. The molecule has 0 N–H and O–H groups in total. The van der Waals surface area contributed by atoms with Crippen LogP contribution in [0.25, 0.3) is 0 Å². The largest absolute Gasteiger partial charge is 0.462 e. The number of aldehydes is 1. The van der Waals surface area contributed by atoms with Crippen LogP contribution < -0.4 is 0 Å². The summed E-state index contributed by atoms with van der Waals surface area (Å²) in [6, 6.07) is 0. The van der Waals surface area contributed by atoms with Crippen molar-refractivity contribution in [1.82, 2.24) is 0 Å². The first-order valence-electron chi connectivity index (χ1n) is 3.76. The molecule has 0 aliphatic heterocycles. The van der Waals surface area contributed by atoms with Gasteiger partial charge < -0.3 is 0 Å². The number of hydrogen-bond acceptors (Lipinski definition) is 2. The first kappa shape index (κ1) is 17.9. The van der Waals surface area contributed by atoms with Crippen LogP contribution in [0.5, 0.6) is 0 Å². The minimum atomic E-state index is -7.15. The molecule has 13 heteroatoms. The molecule has 114 valence electrons. The fraction of sp³-hybridized carbons (Fsp3) is 0.833. The van der Waals surface area contributed by atoms with Crippen LogP contribution in [-0.2, 0) is 9.53 Å². The van der Waals surface area contributed by atoms with E-state index in [0.717, 1.165) is 0 Å². The molecule has 0 aromatic rings. The lowest BCUT2D eigenvalue weighted by Gasteiger charge is -2.32. The van der Waals surface area contributed by atoms with Gasteiger partial charge >= 0.3 is 30.2 Å². The number of halogens is 11. The predicted molar refractivity (Wildman–Crippen MR) is 33.0 cm³/mol. The fourth-order valence-electron chi connectivity index (χ4n) is 0.564. The molecule has 0 heterocycles. The van der Waals surface area contributed by atoms with Crippen LogP contribution >= 0.6 is 0 Å². The quantitative estimate of drug-likeness (QED) is 0.588. The van der Waals surface area contributed by atoms with Crippen molar-refractivity contribution in [1.29, 1.82) is 0 Å². The first-order valence-corrected chi connectivity index (χ1v) is 3.76. The third-order valence-corrected chi connectivity index (χ3v) is 1.54. The Labute approximate surface area is 95.7 Å². The van der Waals surface area contributed by atoms with E-state index >= 15 is 0 Å². The van der Waals surface area contributed by atoms with Crippen LogP contribution in [0.15, 0.2) is 0 Å². The first-order chi connectivity index (χ1) is 8.02. The van der Waals surface area contributed by atoms with E-state index < -0.39 is 36.5 Å². The van der Waals surface area contributed by atoms with Crippen molar-refractivity contribution in [2.24, 2.45) is 0 Å². The molecule has 0 fully saturated rings. The van der Waals surface area contributed by atoms with E-state index in [2.05, 4.69) is 0 Å². The summed E-state index contributed by atoms with van der Waals surface area (Å²) in [4.78, 5) is 9.65. The highest BCUT2D eigenvalue weighted by atomic mass is 19.4. The molecule has 0 radical (unpaired) electrons. The van der Waals surface area contributed by atoms with Gasteiger partial charge in [-0.2, -0.15) is 48.3 Å². The fourth-order valence-corrected chi connectivity index (χ4v) is 0.564. The summed E-state index contributed by atoms with van der Waals surface area (Å²) in [5.74, 6) is -13.2. The molecule has 0 aromatic carbocycles. The second kappa shape index (κ2) is 4.45. The van der Waals surface area contributed by atoms with E-state index in [1.54, 1.807) is 4.74 Å². The topological polar surface area (TPSA) is 26.3 Å². The van der Waals surface area contributed by atoms with Gasteiger partial charge in [0.05, 0.1) is 0 Å². The van der Waals surface area contributed by atoms with E-state index in [0.29, 0.717) is 0 Å². The summed E-state index contributed by atoms with van der Waals surface area (Å²) in [7, 11) is 0. The number of rotatable bonds is 4. The number of alkyl halides is 11. The zero-order chi connectivity index (χ0) is 15.9. The average Bonchev–Trinajstić information content (AvgIpc) is 2.12. The highest BCUT2D eigenvalue weighted by molar-refractivity contribution is 5.61. The van der Waals surface area contributed by atoms with Crippen LogP contribution in [0.2, 0.25) is 0 Å². The third kappa shape index (κ3) is 3.06. The highest BCUT2D eigenvalue weighted by Gasteiger charge is 2.78. The Morgan fingerprint density at radius 3 is 1.26 bits per heavy atom. The molecule has 0 aromatic heterocycles. The van der Waals surface area contributed by atoms with Gasteiger partial charge in [0.25, 0.3) is 0 Å². The van der Waals surface area contributed by atoms with Gasteiger partial charge in [0.15, 0.2) is 6.29 Å². The monoisotopic (exact) mass is 314 g/mol. The van der Waals surface area contributed by atoms with E-state index in [9.17, 15) is 53.1 Å². The molecule has 0 rings (SSSR count). The van der Waals surface area contributed by atoms with Crippen molar-refractivity contribution in [2.45, 2.75) is 30.2 Å². The Kier molecular flexibility index (Phi) is 4.19. The van der Waals surface area contributed by atoms with Gasteiger partial charge in [-0.25, -0.2) is 0 Å². The minimum absolute atomic E-state index is 1.77. The van der Waals surface area contributed by atoms with E-state index in [-0.39, 0.29) is 0 Å². The van der Waals surface area contributed by atoms with E-state index in [1.807, 2.05) is 0 Å². The Morgan fingerprint density at radius 2 is 1.05 bits per heavy atom. The predicted octanol–water partition coefficient (Wildman–Crippen LogP) is 3.22. The molecule has 1 atom stereocenters. The SMILES string of the molecule is O=CC(F)(OC(F)(F)C(F)(F)C(F)(F)F)C(F)(F)F. The summed E-state index contributed by atoms with van der Waals surface area (Å²) in [6.45, 7) is 0. The molecule has 0 saturated heterocycles. The lowest BCUT2D eigenvalue weighted by molar-refractivity contribution is -0.471. The van der Waals surface area contributed by atoms with Crippen LogP contribution in [0.1, 0.15) is 0 Å². The van der Waals surface area contributed by atoms with Crippen LogP contribution in [0.3, 0.4) is 0 Å². The summed E-state index contributed by atoms with van der Waals surface area (Å²) in [5.41, 5.74) is 0. The molecule has 0 spiro atoms. The smallest absolute Gasteiger partial charge is 0.297 e. The van der Waals surface area contributed by atoms with E-state index in [1.165, 1.54) is 0 Å². The molecule has 1 unspecified atom stereocenters. The maximum Gasteiger partial charge on any atom is 0.462 e. The molecule has 0 amide bonds.